The highest BCUT2D eigenvalue weighted by molar-refractivity contribution is 5.48. The second kappa shape index (κ2) is 6.20. The van der Waals surface area contributed by atoms with E-state index in [4.69, 9.17) is 4.98 Å². The molecule has 0 aliphatic heterocycles. The van der Waals surface area contributed by atoms with Crippen molar-refractivity contribution < 1.29 is 0 Å². The first-order chi connectivity index (χ1) is 9.82. The molecule has 0 radical (unpaired) electrons. The minimum atomic E-state index is -0.0425. The first kappa shape index (κ1) is 16.1. The Morgan fingerprint density at radius 3 is 2.19 bits per heavy atom. The zero-order chi connectivity index (χ0) is 15.5. The molecule has 2 rings (SSSR count). The van der Waals surface area contributed by atoms with Gasteiger partial charge in [-0.2, -0.15) is 0 Å². The van der Waals surface area contributed by atoms with E-state index in [9.17, 15) is 0 Å². The summed E-state index contributed by atoms with van der Waals surface area (Å²) in [7, 11) is 0. The Morgan fingerprint density at radius 1 is 1.10 bits per heavy atom. The van der Waals surface area contributed by atoms with Gasteiger partial charge in [0.1, 0.15) is 17.5 Å². The monoisotopic (exact) mass is 290 g/mol. The summed E-state index contributed by atoms with van der Waals surface area (Å²) < 4.78 is 0. The molecular weight excluding hydrogens is 260 g/mol. The molecule has 0 bridgehead atoms. The average Bonchev–Trinajstić information content (AvgIpc) is 2.83. The lowest BCUT2D eigenvalue weighted by Gasteiger charge is -2.25. The lowest BCUT2D eigenvalue weighted by molar-refractivity contribution is 0.361. The smallest absolute Gasteiger partial charge is 0.138 e. The van der Waals surface area contributed by atoms with Gasteiger partial charge in [-0.05, 0) is 25.2 Å². The van der Waals surface area contributed by atoms with Gasteiger partial charge in [0.15, 0.2) is 0 Å². The largest absolute Gasteiger partial charge is 0.370 e. The van der Waals surface area contributed by atoms with Gasteiger partial charge in [0.05, 0.1) is 0 Å². The Morgan fingerprint density at radius 2 is 1.67 bits per heavy atom. The highest BCUT2D eigenvalue weighted by Gasteiger charge is 2.28. The quantitative estimate of drug-likeness (QED) is 0.853. The van der Waals surface area contributed by atoms with E-state index < -0.39 is 0 Å². The van der Waals surface area contributed by atoms with E-state index in [1.165, 1.54) is 25.7 Å². The van der Waals surface area contributed by atoms with Crippen LogP contribution in [0, 0.1) is 5.41 Å². The van der Waals surface area contributed by atoms with Crippen molar-refractivity contribution in [1.29, 1.82) is 0 Å². The van der Waals surface area contributed by atoms with Crippen LogP contribution in [-0.4, -0.2) is 23.1 Å². The van der Waals surface area contributed by atoms with Crippen molar-refractivity contribution in [2.45, 2.75) is 65.7 Å². The molecule has 1 fully saturated rings. The summed E-state index contributed by atoms with van der Waals surface area (Å²) in [4.78, 5) is 9.35. The topological polar surface area (TPSA) is 49.8 Å². The molecule has 118 valence electrons. The zero-order valence-electron chi connectivity index (χ0n) is 14.2. The molecule has 0 atom stereocenters. The summed E-state index contributed by atoms with van der Waals surface area (Å²) in [6, 6.07) is 2.02. The molecule has 0 aromatic carbocycles. The summed E-state index contributed by atoms with van der Waals surface area (Å²) in [6.45, 7) is 12.8. The van der Waals surface area contributed by atoms with Gasteiger partial charge < -0.3 is 10.6 Å². The van der Waals surface area contributed by atoms with Gasteiger partial charge in [-0.25, -0.2) is 9.97 Å². The van der Waals surface area contributed by atoms with Crippen molar-refractivity contribution in [2.24, 2.45) is 5.41 Å². The molecule has 4 nitrogen and oxygen atoms in total. The van der Waals surface area contributed by atoms with Crippen LogP contribution in [0.15, 0.2) is 6.07 Å². The molecule has 1 aliphatic rings. The molecule has 21 heavy (non-hydrogen) atoms. The Hall–Kier alpha value is -1.32. The van der Waals surface area contributed by atoms with E-state index in [0.29, 0.717) is 5.41 Å². The van der Waals surface area contributed by atoms with Gasteiger partial charge in [-0.1, -0.05) is 40.5 Å². The molecular formula is C17H30N4. The average molecular weight is 290 g/mol. The molecule has 1 aliphatic carbocycles. The molecule has 4 heteroatoms. The van der Waals surface area contributed by atoms with Crippen LogP contribution < -0.4 is 10.6 Å². The zero-order valence-corrected chi connectivity index (χ0v) is 14.2. The molecule has 0 amide bonds. The highest BCUT2D eigenvalue weighted by Crippen LogP contribution is 2.37. The second-order valence-electron chi connectivity index (χ2n) is 7.61. The fourth-order valence-corrected chi connectivity index (χ4v) is 2.85. The molecule has 1 saturated carbocycles. The summed E-state index contributed by atoms with van der Waals surface area (Å²) in [5.74, 6) is 2.75. The van der Waals surface area contributed by atoms with Gasteiger partial charge in [0.25, 0.3) is 0 Å². The van der Waals surface area contributed by atoms with Gasteiger partial charge in [0, 0.05) is 24.6 Å². The fraction of sp³-hybridized carbons (Fsp3) is 0.765. The van der Waals surface area contributed by atoms with Crippen LogP contribution in [0.25, 0.3) is 0 Å². The normalized spacial score (nSPS) is 17.8. The third kappa shape index (κ3) is 4.32. The van der Waals surface area contributed by atoms with Crippen LogP contribution in [0.2, 0.25) is 0 Å². The van der Waals surface area contributed by atoms with Crippen molar-refractivity contribution in [2.75, 3.05) is 23.7 Å². The minimum absolute atomic E-state index is 0.0425. The number of aromatic nitrogens is 2. The SMILES string of the molecule is CCNc1cc(NCC2(C)CCCC2)nc(C(C)(C)C)n1. The summed E-state index contributed by atoms with van der Waals surface area (Å²) in [5.41, 5.74) is 0.379. The van der Waals surface area contributed by atoms with Crippen LogP contribution >= 0.6 is 0 Å². The van der Waals surface area contributed by atoms with Gasteiger partial charge in [-0.3, -0.25) is 0 Å². The lowest BCUT2D eigenvalue weighted by atomic mass is 9.89. The second-order valence-corrected chi connectivity index (χ2v) is 7.61. The van der Waals surface area contributed by atoms with Crippen molar-refractivity contribution in [3.05, 3.63) is 11.9 Å². The Labute approximate surface area is 129 Å². The van der Waals surface area contributed by atoms with Gasteiger partial charge in [0.2, 0.25) is 0 Å². The van der Waals surface area contributed by atoms with Crippen LogP contribution in [0.4, 0.5) is 11.6 Å². The molecule has 0 spiro atoms. The van der Waals surface area contributed by atoms with Gasteiger partial charge >= 0.3 is 0 Å². The fourth-order valence-electron chi connectivity index (χ4n) is 2.85. The van der Waals surface area contributed by atoms with Gasteiger partial charge in [-0.15, -0.1) is 0 Å². The van der Waals surface area contributed by atoms with Crippen LogP contribution in [0.5, 0.6) is 0 Å². The molecule has 1 aromatic rings. The molecule has 0 unspecified atom stereocenters. The maximum Gasteiger partial charge on any atom is 0.138 e. The van der Waals surface area contributed by atoms with E-state index in [1.807, 2.05) is 6.07 Å². The van der Waals surface area contributed by atoms with Crippen molar-refractivity contribution >= 4 is 11.6 Å². The molecule has 1 aromatic heterocycles. The number of rotatable bonds is 5. The Balaban J connectivity index is 2.15. The predicted molar refractivity (Wildman–Crippen MR) is 90.0 cm³/mol. The Bertz CT molecular complexity index is 470. The summed E-state index contributed by atoms with van der Waals surface area (Å²) in [5, 5.41) is 6.85. The number of anilines is 2. The standard InChI is InChI=1S/C17H30N4/c1-6-18-13-11-14(21-15(20-13)16(2,3)4)19-12-17(5)9-7-8-10-17/h11H,6-10,12H2,1-5H3,(H2,18,19,20,21). The van der Waals surface area contributed by atoms with Crippen molar-refractivity contribution in [3.8, 4) is 0 Å². The van der Waals surface area contributed by atoms with E-state index >= 15 is 0 Å². The van der Waals surface area contributed by atoms with Crippen molar-refractivity contribution in [3.63, 3.8) is 0 Å². The Kier molecular flexibility index (Phi) is 4.74. The van der Waals surface area contributed by atoms with E-state index in [0.717, 1.165) is 30.5 Å². The maximum absolute atomic E-state index is 4.72. The third-order valence-electron chi connectivity index (χ3n) is 4.26. The number of nitrogens with zero attached hydrogens (tertiary/aromatic N) is 2. The number of hydrogen-bond acceptors (Lipinski definition) is 4. The maximum atomic E-state index is 4.72. The molecule has 0 saturated heterocycles. The van der Waals surface area contributed by atoms with E-state index in [1.54, 1.807) is 0 Å². The van der Waals surface area contributed by atoms with E-state index in [2.05, 4.69) is 50.2 Å². The molecule has 2 N–H and O–H groups in total. The highest BCUT2D eigenvalue weighted by atomic mass is 15.1. The third-order valence-corrected chi connectivity index (χ3v) is 4.26. The van der Waals surface area contributed by atoms with E-state index in [-0.39, 0.29) is 5.41 Å². The number of nitrogens with one attached hydrogen (secondary N) is 2. The summed E-state index contributed by atoms with van der Waals surface area (Å²) >= 11 is 0. The predicted octanol–water partition coefficient (Wildman–Crippen LogP) is 4.20. The number of hydrogen-bond donors (Lipinski definition) is 2. The minimum Gasteiger partial charge on any atom is -0.370 e. The van der Waals surface area contributed by atoms with Crippen molar-refractivity contribution in [1.82, 2.24) is 9.97 Å². The van der Waals surface area contributed by atoms with Crippen LogP contribution in [0.3, 0.4) is 0 Å². The van der Waals surface area contributed by atoms with Crippen LogP contribution in [0.1, 0.15) is 66.1 Å². The first-order valence-corrected chi connectivity index (χ1v) is 8.20. The first-order valence-electron chi connectivity index (χ1n) is 8.20. The molecule has 1 heterocycles. The summed E-state index contributed by atoms with van der Waals surface area (Å²) in [6.07, 6.45) is 5.35. The lowest BCUT2D eigenvalue weighted by Crippen LogP contribution is -2.25. The van der Waals surface area contributed by atoms with Crippen LogP contribution in [-0.2, 0) is 5.41 Å².